The van der Waals surface area contributed by atoms with Gasteiger partial charge in [0.25, 0.3) is 0 Å². The van der Waals surface area contributed by atoms with Crippen molar-refractivity contribution < 1.29 is 30.4 Å². The molecule has 0 amide bonds. The molecule has 18 heavy (non-hydrogen) atoms. The first kappa shape index (κ1) is 14.9. The van der Waals surface area contributed by atoms with E-state index >= 15 is 0 Å². The molecule has 0 aromatic heterocycles. The standard InChI is InChI=1S/C10H9F5O2S/c1-6-7(9(11,12)10(13,14)15)4-3-5-8(6)18(2,16)17/h3-5H,1-2H3. The van der Waals surface area contributed by atoms with Gasteiger partial charge >= 0.3 is 12.1 Å². The van der Waals surface area contributed by atoms with E-state index in [1.165, 1.54) is 0 Å². The summed E-state index contributed by atoms with van der Waals surface area (Å²) in [5.74, 6) is -5.09. The first-order valence-electron chi connectivity index (χ1n) is 4.63. The molecular formula is C10H9F5O2S. The van der Waals surface area contributed by atoms with Crippen LogP contribution < -0.4 is 0 Å². The smallest absolute Gasteiger partial charge is 0.224 e. The van der Waals surface area contributed by atoms with Crippen molar-refractivity contribution in [1.29, 1.82) is 0 Å². The highest BCUT2D eigenvalue weighted by Crippen LogP contribution is 2.45. The molecule has 0 atom stereocenters. The molecule has 0 aliphatic rings. The van der Waals surface area contributed by atoms with E-state index in [0.717, 1.165) is 25.3 Å². The highest BCUT2D eigenvalue weighted by molar-refractivity contribution is 7.90. The molecule has 102 valence electrons. The maximum absolute atomic E-state index is 13.2. The maximum Gasteiger partial charge on any atom is 0.458 e. The van der Waals surface area contributed by atoms with Crippen molar-refractivity contribution in [3.05, 3.63) is 29.3 Å². The van der Waals surface area contributed by atoms with Crippen molar-refractivity contribution in [2.24, 2.45) is 0 Å². The third-order valence-electron chi connectivity index (χ3n) is 2.38. The van der Waals surface area contributed by atoms with Gasteiger partial charge in [-0.25, -0.2) is 8.42 Å². The molecule has 0 bridgehead atoms. The number of halogens is 5. The average molecular weight is 288 g/mol. The Hall–Kier alpha value is -1.18. The van der Waals surface area contributed by atoms with Gasteiger partial charge in [0.1, 0.15) is 0 Å². The molecule has 0 aliphatic heterocycles. The fourth-order valence-corrected chi connectivity index (χ4v) is 2.50. The normalized spacial score (nSPS) is 13.7. The van der Waals surface area contributed by atoms with Gasteiger partial charge in [-0.1, -0.05) is 12.1 Å². The minimum atomic E-state index is -5.77. The molecule has 8 heteroatoms. The van der Waals surface area contributed by atoms with Crippen molar-refractivity contribution in [2.75, 3.05) is 6.26 Å². The third-order valence-corrected chi connectivity index (χ3v) is 3.62. The monoisotopic (exact) mass is 288 g/mol. The molecule has 0 unspecified atom stereocenters. The predicted octanol–water partition coefficient (Wildman–Crippen LogP) is 3.05. The predicted molar refractivity (Wildman–Crippen MR) is 54.2 cm³/mol. The third kappa shape index (κ3) is 2.47. The lowest BCUT2D eigenvalue weighted by atomic mass is 10.0. The summed E-state index contributed by atoms with van der Waals surface area (Å²) in [5.41, 5.74) is -1.94. The number of rotatable bonds is 2. The quantitative estimate of drug-likeness (QED) is 0.784. The van der Waals surface area contributed by atoms with E-state index in [1.807, 2.05) is 0 Å². The van der Waals surface area contributed by atoms with Crippen LogP contribution in [0.3, 0.4) is 0 Å². The first-order valence-corrected chi connectivity index (χ1v) is 6.53. The molecule has 2 nitrogen and oxygen atoms in total. The molecular weight excluding hydrogens is 279 g/mol. The fourth-order valence-electron chi connectivity index (χ4n) is 1.51. The summed E-state index contributed by atoms with van der Waals surface area (Å²) in [7, 11) is -3.86. The zero-order chi connectivity index (χ0) is 14.4. The molecule has 0 saturated heterocycles. The van der Waals surface area contributed by atoms with Crippen LogP contribution in [0.2, 0.25) is 0 Å². The second kappa shape index (κ2) is 4.18. The fraction of sp³-hybridized carbons (Fsp3) is 0.400. The largest absolute Gasteiger partial charge is 0.458 e. The Labute approximate surface area is 100 Å². The number of hydrogen-bond donors (Lipinski definition) is 0. The van der Waals surface area contributed by atoms with Gasteiger partial charge in [0.15, 0.2) is 9.84 Å². The van der Waals surface area contributed by atoms with Gasteiger partial charge in [0.2, 0.25) is 0 Å². The van der Waals surface area contributed by atoms with Gasteiger partial charge in [-0.2, -0.15) is 22.0 Å². The summed E-state index contributed by atoms with van der Waals surface area (Å²) < 4.78 is 85.5. The van der Waals surface area contributed by atoms with Gasteiger partial charge in [-0.05, 0) is 18.6 Å². The summed E-state index contributed by atoms with van der Waals surface area (Å²) >= 11 is 0. The maximum atomic E-state index is 13.2. The Morgan fingerprint density at radius 2 is 1.56 bits per heavy atom. The van der Waals surface area contributed by atoms with Crippen LogP contribution in [0.4, 0.5) is 22.0 Å². The van der Waals surface area contributed by atoms with E-state index in [2.05, 4.69) is 0 Å². The zero-order valence-corrected chi connectivity index (χ0v) is 10.2. The van der Waals surface area contributed by atoms with E-state index in [9.17, 15) is 30.4 Å². The van der Waals surface area contributed by atoms with Crippen LogP contribution in [-0.2, 0) is 15.8 Å². The van der Waals surface area contributed by atoms with E-state index in [4.69, 9.17) is 0 Å². The van der Waals surface area contributed by atoms with Crippen LogP contribution in [0, 0.1) is 6.92 Å². The first-order chi connectivity index (χ1) is 7.89. The van der Waals surface area contributed by atoms with E-state index < -0.39 is 38.0 Å². The highest BCUT2D eigenvalue weighted by Gasteiger charge is 2.59. The van der Waals surface area contributed by atoms with Gasteiger partial charge in [0.05, 0.1) is 4.90 Å². The van der Waals surface area contributed by atoms with Crippen LogP contribution >= 0.6 is 0 Å². The number of alkyl halides is 5. The van der Waals surface area contributed by atoms with Crippen molar-refractivity contribution in [2.45, 2.75) is 23.9 Å². The summed E-state index contributed by atoms with van der Waals surface area (Å²) in [6.45, 7) is 0.922. The van der Waals surface area contributed by atoms with Gasteiger partial charge in [-0.15, -0.1) is 0 Å². The van der Waals surface area contributed by atoms with Crippen LogP contribution in [0.25, 0.3) is 0 Å². The second-order valence-corrected chi connectivity index (χ2v) is 5.76. The minimum absolute atomic E-state index is 0.538. The zero-order valence-electron chi connectivity index (χ0n) is 9.35. The average Bonchev–Trinajstić information content (AvgIpc) is 2.13. The number of benzene rings is 1. The number of hydrogen-bond acceptors (Lipinski definition) is 2. The highest BCUT2D eigenvalue weighted by atomic mass is 32.2. The Balaban J connectivity index is 3.56. The molecule has 1 aromatic carbocycles. The van der Waals surface area contributed by atoms with E-state index in [0.29, 0.717) is 6.07 Å². The van der Waals surface area contributed by atoms with Crippen LogP contribution in [-0.4, -0.2) is 20.8 Å². The Morgan fingerprint density at radius 1 is 1.06 bits per heavy atom. The van der Waals surface area contributed by atoms with Gasteiger partial charge in [0, 0.05) is 11.8 Å². The van der Waals surface area contributed by atoms with Crippen LogP contribution in [0.1, 0.15) is 11.1 Å². The van der Waals surface area contributed by atoms with Crippen LogP contribution in [0.5, 0.6) is 0 Å². The van der Waals surface area contributed by atoms with E-state index in [1.54, 1.807) is 0 Å². The van der Waals surface area contributed by atoms with Gasteiger partial charge < -0.3 is 0 Å². The molecule has 1 aromatic rings. The van der Waals surface area contributed by atoms with Gasteiger partial charge in [-0.3, -0.25) is 0 Å². The minimum Gasteiger partial charge on any atom is -0.224 e. The molecule has 1 rings (SSSR count). The Morgan fingerprint density at radius 3 is 1.94 bits per heavy atom. The lowest BCUT2D eigenvalue weighted by Crippen LogP contribution is -2.34. The molecule has 0 N–H and O–H groups in total. The lowest BCUT2D eigenvalue weighted by Gasteiger charge is -2.22. The van der Waals surface area contributed by atoms with Crippen molar-refractivity contribution in [3.8, 4) is 0 Å². The molecule has 0 radical (unpaired) electrons. The Kier molecular flexibility index (Phi) is 3.46. The van der Waals surface area contributed by atoms with Crippen molar-refractivity contribution in [1.82, 2.24) is 0 Å². The summed E-state index contributed by atoms with van der Waals surface area (Å²) in [4.78, 5) is -0.538. The summed E-state index contributed by atoms with van der Waals surface area (Å²) in [6, 6.07) is 2.41. The molecule has 0 heterocycles. The van der Waals surface area contributed by atoms with Crippen molar-refractivity contribution >= 4 is 9.84 Å². The van der Waals surface area contributed by atoms with E-state index in [-0.39, 0.29) is 0 Å². The molecule has 0 fully saturated rings. The molecule has 0 saturated carbocycles. The van der Waals surface area contributed by atoms with Crippen molar-refractivity contribution in [3.63, 3.8) is 0 Å². The summed E-state index contributed by atoms with van der Waals surface area (Å²) in [6.07, 6.45) is -5.03. The molecule has 0 spiro atoms. The lowest BCUT2D eigenvalue weighted by molar-refractivity contribution is -0.289. The molecule has 0 aliphatic carbocycles. The SMILES string of the molecule is Cc1c(C(F)(F)C(F)(F)F)cccc1S(C)(=O)=O. The van der Waals surface area contributed by atoms with Crippen LogP contribution in [0.15, 0.2) is 23.1 Å². The topological polar surface area (TPSA) is 34.1 Å². The number of sulfone groups is 1. The Bertz CT molecular complexity index is 560. The summed E-state index contributed by atoms with van der Waals surface area (Å²) in [5, 5.41) is 0. The second-order valence-electron chi connectivity index (χ2n) is 3.77.